The molecule has 1 aromatic rings. The van der Waals surface area contributed by atoms with Gasteiger partial charge in [-0.05, 0) is 56.9 Å². The van der Waals surface area contributed by atoms with Crippen molar-refractivity contribution in [2.24, 2.45) is 5.73 Å². The van der Waals surface area contributed by atoms with Gasteiger partial charge in [0.05, 0.1) is 4.90 Å². The Balaban J connectivity index is 2.58. The lowest BCUT2D eigenvalue weighted by atomic mass is 10.0. The quantitative estimate of drug-likeness (QED) is 0.901. The van der Waals surface area contributed by atoms with Crippen LogP contribution in [0.3, 0.4) is 0 Å². The minimum absolute atomic E-state index is 0.323. The first kappa shape index (κ1) is 15.9. The van der Waals surface area contributed by atoms with E-state index in [4.69, 9.17) is 5.73 Å². The molecular weight excluding hydrogens is 340 g/mol. The van der Waals surface area contributed by atoms with Crippen molar-refractivity contribution in [3.05, 3.63) is 27.7 Å². The number of nitrogens with two attached hydrogens (primary N) is 1. The number of hydrogen-bond acceptors (Lipinski definition) is 3. The zero-order valence-corrected chi connectivity index (χ0v) is 14.5. The molecule has 0 aromatic heterocycles. The molecule has 1 saturated heterocycles. The van der Waals surface area contributed by atoms with Gasteiger partial charge in [-0.3, -0.25) is 0 Å². The van der Waals surface area contributed by atoms with E-state index >= 15 is 0 Å². The summed E-state index contributed by atoms with van der Waals surface area (Å²) in [5, 5.41) is 0. The van der Waals surface area contributed by atoms with Gasteiger partial charge in [-0.15, -0.1) is 0 Å². The van der Waals surface area contributed by atoms with Crippen molar-refractivity contribution in [3.63, 3.8) is 0 Å². The Bertz CT molecular complexity index is 626. The molecule has 0 spiro atoms. The average molecular weight is 361 g/mol. The predicted molar refractivity (Wildman–Crippen MR) is 84.0 cm³/mol. The Morgan fingerprint density at radius 1 is 1.40 bits per heavy atom. The maximum Gasteiger partial charge on any atom is 0.243 e. The lowest BCUT2D eigenvalue weighted by Gasteiger charge is -2.31. The third kappa shape index (κ3) is 2.66. The van der Waals surface area contributed by atoms with Crippen LogP contribution in [0.1, 0.15) is 37.8 Å². The molecule has 6 heteroatoms. The van der Waals surface area contributed by atoms with Crippen LogP contribution < -0.4 is 5.73 Å². The Morgan fingerprint density at radius 3 is 2.55 bits per heavy atom. The summed E-state index contributed by atoms with van der Waals surface area (Å²) in [5.74, 6) is 0. The smallest absolute Gasteiger partial charge is 0.243 e. The summed E-state index contributed by atoms with van der Waals surface area (Å²) in [4.78, 5) is 0.363. The molecule has 4 nitrogen and oxygen atoms in total. The molecule has 0 unspecified atom stereocenters. The molecule has 1 fully saturated rings. The van der Waals surface area contributed by atoms with Gasteiger partial charge in [0.15, 0.2) is 0 Å². The van der Waals surface area contributed by atoms with Crippen molar-refractivity contribution in [1.29, 1.82) is 0 Å². The van der Waals surface area contributed by atoms with E-state index in [0.29, 0.717) is 18.0 Å². The molecule has 1 aliphatic rings. The summed E-state index contributed by atoms with van der Waals surface area (Å²) in [7, 11) is -3.48. The molecule has 1 aromatic carbocycles. The van der Waals surface area contributed by atoms with Crippen molar-refractivity contribution in [1.82, 2.24) is 4.31 Å². The molecule has 2 N–H and O–H groups in total. The maximum absolute atomic E-state index is 13.0. The van der Waals surface area contributed by atoms with E-state index in [0.717, 1.165) is 28.4 Å². The lowest BCUT2D eigenvalue weighted by molar-refractivity contribution is 0.291. The second-order valence-corrected chi connectivity index (χ2v) is 8.58. The molecule has 0 bridgehead atoms. The standard InChI is InChI=1S/C14H21BrN2O2S/c1-10-12(15)7-11(9-16)8-13(10)20(18,19)17-6-4-5-14(17,2)3/h7-8H,4-6,9,16H2,1-3H3. The van der Waals surface area contributed by atoms with Gasteiger partial charge < -0.3 is 5.73 Å². The first-order valence-electron chi connectivity index (χ1n) is 6.72. The van der Waals surface area contributed by atoms with Crippen LogP contribution in [0, 0.1) is 6.92 Å². The fraction of sp³-hybridized carbons (Fsp3) is 0.571. The van der Waals surface area contributed by atoms with Crippen LogP contribution in [0.15, 0.2) is 21.5 Å². The van der Waals surface area contributed by atoms with Crippen LogP contribution in [0.25, 0.3) is 0 Å². The molecule has 20 heavy (non-hydrogen) atoms. The highest BCUT2D eigenvalue weighted by atomic mass is 79.9. The number of rotatable bonds is 3. The molecule has 1 aliphatic heterocycles. The topological polar surface area (TPSA) is 63.4 Å². The minimum Gasteiger partial charge on any atom is -0.326 e. The van der Waals surface area contributed by atoms with Crippen LogP contribution in [0.5, 0.6) is 0 Å². The molecule has 0 aliphatic carbocycles. The maximum atomic E-state index is 13.0. The van der Waals surface area contributed by atoms with Crippen molar-refractivity contribution < 1.29 is 8.42 Å². The molecular formula is C14H21BrN2O2S. The second-order valence-electron chi connectivity index (χ2n) is 5.90. The number of benzene rings is 1. The monoisotopic (exact) mass is 360 g/mol. The van der Waals surface area contributed by atoms with E-state index in [1.165, 1.54) is 0 Å². The first-order chi connectivity index (χ1) is 9.20. The fourth-order valence-corrected chi connectivity index (χ4v) is 5.52. The van der Waals surface area contributed by atoms with Crippen LogP contribution in [-0.4, -0.2) is 24.8 Å². The van der Waals surface area contributed by atoms with Gasteiger partial charge >= 0.3 is 0 Å². The van der Waals surface area contributed by atoms with E-state index in [-0.39, 0.29) is 5.54 Å². The molecule has 2 rings (SSSR count). The van der Waals surface area contributed by atoms with Crippen LogP contribution >= 0.6 is 15.9 Å². The van der Waals surface area contributed by atoms with Crippen molar-refractivity contribution in [2.75, 3.05) is 6.54 Å². The van der Waals surface area contributed by atoms with E-state index in [1.54, 1.807) is 10.4 Å². The van der Waals surface area contributed by atoms with Crippen LogP contribution in [0.2, 0.25) is 0 Å². The normalized spacial score (nSPS) is 19.4. The van der Waals surface area contributed by atoms with Gasteiger partial charge in [0.2, 0.25) is 10.0 Å². The van der Waals surface area contributed by atoms with Gasteiger partial charge in [-0.25, -0.2) is 8.42 Å². The van der Waals surface area contributed by atoms with Gasteiger partial charge in [0.25, 0.3) is 0 Å². The molecule has 112 valence electrons. The Hall–Kier alpha value is -0.430. The SMILES string of the molecule is Cc1c(Br)cc(CN)cc1S(=O)(=O)N1CCCC1(C)C. The Morgan fingerprint density at radius 2 is 2.05 bits per heavy atom. The average Bonchev–Trinajstić information content (AvgIpc) is 2.72. The van der Waals surface area contributed by atoms with E-state index in [1.807, 2.05) is 26.8 Å². The zero-order chi connectivity index (χ0) is 15.1. The zero-order valence-electron chi connectivity index (χ0n) is 12.1. The molecule has 0 atom stereocenters. The highest BCUT2D eigenvalue weighted by molar-refractivity contribution is 9.10. The minimum atomic E-state index is -3.48. The first-order valence-corrected chi connectivity index (χ1v) is 8.95. The third-order valence-corrected chi connectivity index (χ3v) is 7.05. The van der Waals surface area contributed by atoms with Crippen molar-refractivity contribution >= 4 is 26.0 Å². The summed E-state index contributed by atoms with van der Waals surface area (Å²) in [6, 6.07) is 3.58. The van der Waals surface area contributed by atoms with E-state index in [2.05, 4.69) is 15.9 Å². The largest absolute Gasteiger partial charge is 0.326 e. The summed E-state index contributed by atoms with van der Waals surface area (Å²) in [5.41, 5.74) is 6.89. The summed E-state index contributed by atoms with van der Waals surface area (Å²) < 4.78 is 28.3. The van der Waals surface area contributed by atoms with Crippen molar-refractivity contribution in [3.8, 4) is 0 Å². The number of hydrogen-bond donors (Lipinski definition) is 1. The van der Waals surface area contributed by atoms with Gasteiger partial charge in [-0.1, -0.05) is 15.9 Å². The summed E-state index contributed by atoms with van der Waals surface area (Å²) in [6.07, 6.45) is 1.80. The van der Waals surface area contributed by atoms with Gasteiger partial charge in [0.1, 0.15) is 0 Å². The van der Waals surface area contributed by atoms with Crippen LogP contribution in [-0.2, 0) is 16.6 Å². The molecule has 0 radical (unpaired) electrons. The molecule has 0 amide bonds. The predicted octanol–water partition coefficient (Wildman–Crippen LogP) is 2.78. The Kier molecular flexibility index (Phi) is 4.31. The van der Waals surface area contributed by atoms with E-state index in [9.17, 15) is 8.42 Å². The molecule has 1 heterocycles. The number of sulfonamides is 1. The third-order valence-electron chi connectivity index (χ3n) is 3.99. The second kappa shape index (κ2) is 5.40. The highest BCUT2D eigenvalue weighted by Crippen LogP contribution is 2.36. The van der Waals surface area contributed by atoms with Crippen LogP contribution in [0.4, 0.5) is 0 Å². The number of halogens is 1. The van der Waals surface area contributed by atoms with Crippen molar-refractivity contribution in [2.45, 2.75) is 50.6 Å². The highest BCUT2D eigenvalue weighted by Gasteiger charge is 2.41. The van der Waals surface area contributed by atoms with E-state index < -0.39 is 10.0 Å². The van der Waals surface area contributed by atoms with Gasteiger partial charge in [0, 0.05) is 23.1 Å². The number of nitrogens with zero attached hydrogens (tertiary/aromatic N) is 1. The fourth-order valence-electron chi connectivity index (χ4n) is 2.74. The van der Waals surface area contributed by atoms with Gasteiger partial charge in [-0.2, -0.15) is 4.31 Å². The summed E-state index contributed by atoms with van der Waals surface area (Å²) in [6.45, 7) is 6.69. The lowest BCUT2D eigenvalue weighted by Crippen LogP contribution is -2.42. The summed E-state index contributed by atoms with van der Waals surface area (Å²) >= 11 is 3.43. The molecule has 0 saturated carbocycles. The Labute approximate surface area is 129 Å².